The molecule has 6 N–H and O–H groups in total. The summed E-state index contributed by atoms with van der Waals surface area (Å²) in [5.74, 6) is 1.94. The first-order chi connectivity index (χ1) is 65.6. The molecule has 7 aliphatic rings. The Morgan fingerprint density at radius 3 is 1.19 bits per heavy atom. The predicted molar refractivity (Wildman–Crippen MR) is 572 cm³/mol. The topological polar surface area (TPSA) is 342 Å². The van der Waals surface area contributed by atoms with Crippen molar-refractivity contribution in [3.8, 4) is 0 Å². The molecule has 13 unspecified atom stereocenters. The summed E-state index contributed by atoms with van der Waals surface area (Å²) in [6.45, 7) is 84.8. The number of likely N-dealkylation sites (tertiary alicyclic amines) is 7. The summed E-state index contributed by atoms with van der Waals surface area (Å²) in [4.78, 5) is 96.4. The number of carbonyl (C=O) groups excluding carboxylic acids is 4. The summed E-state index contributed by atoms with van der Waals surface area (Å²) in [5.41, 5.74) is 1.25. The van der Waals surface area contributed by atoms with Crippen LogP contribution in [0.1, 0.15) is 345 Å². The molecule has 7 saturated heterocycles. The van der Waals surface area contributed by atoms with Crippen LogP contribution in [-0.2, 0) is 88.6 Å². The summed E-state index contributed by atoms with van der Waals surface area (Å²) in [7, 11) is -11.9. The van der Waals surface area contributed by atoms with Crippen molar-refractivity contribution in [2.45, 2.75) is 515 Å². The van der Waals surface area contributed by atoms with E-state index in [1.165, 1.54) is 12.1 Å². The zero-order chi connectivity index (χ0) is 107. The number of nitrogens with zero attached hydrogens (tertiary/aromatic N) is 7. The van der Waals surface area contributed by atoms with Crippen LogP contribution in [0.4, 0.5) is 0 Å². The van der Waals surface area contributed by atoms with Gasteiger partial charge in [-0.2, -0.15) is 0 Å². The Balaban J connectivity index is 0.000000466. The average molecular weight is 2070 g/mol. The number of allylic oxidation sites excluding steroid dienone is 1. The lowest BCUT2D eigenvalue weighted by Crippen LogP contribution is -2.40. The number of nitrogens with one attached hydrogen (secondary N) is 3. The van der Waals surface area contributed by atoms with Gasteiger partial charge >= 0.3 is 15.6 Å². The van der Waals surface area contributed by atoms with Gasteiger partial charge in [-0.3, -0.25) is 56.9 Å². The number of Topliss-reactive ketones (excluding diaryl/α,β-unsaturated/α-hetero) is 2. The van der Waals surface area contributed by atoms with Crippen LogP contribution in [0.5, 0.6) is 0 Å². The molecule has 7 aliphatic heterocycles. The van der Waals surface area contributed by atoms with Gasteiger partial charge in [0.15, 0.2) is 0 Å². The number of rotatable bonds is 60. The maximum atomic E-state index is 12.8. The third-order valence-electron chi connectivity index (χ3n) is 26.2. The van der Waals surface area contributed by atoms with E-state index in [9.17, 15) is 43.0 Å². The number of carbonyl (C=O) groups is 4. The molecule has 0 aromatic carbocycles. The minimum Gasteiger partial charge on any atom is -0.377 e. The second-order valence-corrected chi connectivity index (χ2v) is 50.4. The van der Waals surface area contributed by atoms with E-state index in [-0.39, 0.29) is 178 Å². The molecule has 0 aromatic heterocycles. The molecule has 7 rings (SSSR count). The Labute approximate surface area is 858 Å². The molecule has 7 fully saturated rings. The van der Waals surface area contributed by atoms with Crippen LogP contribution in [0.25, 0.3) is 0 Å². The van der Waals surface area contributed by atoms with Gasteiger partial charge in [0.2, 0.25) is 19.4 Å². The first-order valence-corrected chi connectivity index (χ1v) is 59.2. The van der Waals surface area contributed by atoms with Crippen molar-refractivity contribution in [1.82, 2.24) is 50.2 Å². The highest BCUT2D eigenvalue weighted by Gasteiger charge is 2.44. The van der Waals surface area contributed by atoms with Gasteiger partial charge in [0.25, 0.3) is 0 Å². The number of amides is 2. The lowest BCUT2D eigenvalue weighted by Gasteiger charge is -2.30. The maximum absolute atomic E-state index is 12.8. The van der Waals surface area contributed by atoms with Crippen molar-refractivity contribution in [1.29, 1.82) is 0 Å². The van der Waals surface area contributed by atoms with Gasteiger partial charge in [-0.1, -0.05) is 103 Å². The van der Waals surface area contributed by atoms with Crippen molar-refractivity contribution in [3.05, 3.63) is 12.3 Å². The van der Waals surface area contributed by atoms with Crippen molar-refractivity contribution in [3.63, 3.8) is 0 Å². The lowest BCUT2D eigenvalue weighted by molar-refractivity contribution is -0.138. The van der Waals surface area contributed by atoms with E-state index in [2.05, 4.69) is 226 Å². The van der Waals surface area contributed by atoms with Crippen molar-refractivity contribution in [2.24, 2.45) is 23.7 Å². The van der Waals surface area contributed by atoms with Crippen LogP contribution in [-0.4, -0.2) is 354 Å². The highest BCUT2D eigenvalue weighted by molar-refractivity contribution is 7.58. The first-order valence-electron chi connectivity index (χ1n) is 54.4. The molecule has 7 heterocycles. The summed E-state index contributed by atoms with van der Waals surface area (Å²) in [6.07, 6.45) is 17.8. The SMILES string of the molecule is C=C(CCC(C)C)N1C[C@H](OC(C)C)C[C@H]1COC(C)C.C=P(O)(OCC1CC(OC(C)C)CN1C(C)C)OC1CC(CC)N(C(C)C)C1.CC(C)CCCC(=O)CC1CC(COC(C)C)N(C(=O)CCNC(C)C)C1.CC(C)NC1CC(COP(=O)(O)OCC(COP(=O)(O)OCC2CC(NC(C)C)CN2C(C)C)OC(C)C)N(C(C)C)C1.CC(C)OC[C@@H]1C[C@@H](OC(C)C)CN1C(=O)CC(=O)C(C)C. The minimum absolute atomic E-state index is 0.00128. The Morgan fingerprint density at radius 1 is 0.397 bits per heavy atom. The molecule has 0 aliphatic carbocycles. The van der Waals surface area contributed by atoms with E-state index in [4.69, 9.17) is 60.3 Å². The van der Waals surface area contributed by atoms with E-state index < -0.39 is 29.3 Å². The molecule has 0 aromatic rings. The molecule has 17 atom stereocenters. The smallest absolute Gasteiger partial charge is 0.377 e. The number of hydrogen-bond donors (Lipinski definition) is 6. The Bertz CT molecular complexity index is 3540. The number of phosphoric ester groups is 2. The molecule has 0 bridgehead atoms. The number of ketones is 2. The summed E-state index contributed by atoms with van der Waals surface area (Å²) >= 11 is 0. The third kappa shape index (κ3) is 55.0. The predicted octanol–water partition coefficient (Wildman–Crippen LogP) is 17.9. The van der Waals surface area contributed by atoms with Crippen molar-refractivity contribution < 1.29 is 103 Å². The lowest BCUT2D eigenvalue weighted by atomic mass is 9.96. The summed E-state index contributed by atoms with van der Waals surface area (Å²) in [5, 5.41) is 10.4. The highest BCUT2D eigenvalue weighted by Crippen LogP contribution is 2.49. The molecule has 2 amide bonds. The van der Waals surface area contributed by atoms with E-state index >= 15 is 0 Å². The number of ether oxygens (including phenoxy) is 7. The molecule has 35 heteroatoms. The van der Waals surface area contributed by atoms with Gasteiger partial charge in [0, 0.05) is 162 Å². The number of hydrogen-bond acceptors (Lipinski definition) is 28. The second-order valence-electron chi connectivity index (χ2n) is 45.8. The standard InChI is InChI=1S/C28H60N4O9P2.C22H42N2O3.C21H43N2O4P.C18H35NO2.C17H31NO4/c1-19(2)29-24-11-26(31(13-24)21(5)6)15-37-42(33,34)39-17-28(41-23(9)10)18-40-43(35,36)38-16-27-12-25(30-20(3)4)14-32(27)22(7)8;1-16(2)8-7-9-21(25)13-19-12-20(15-27-18(5)6)24(14-19)22(26)10-11-23-17(3)4;1-9-18-10-21(13-22(18)15(2)3)27-28(8,24)25-14-19-11-20(26-17(6)7)12-23(19)16(4)5;1-13(2)8-9-16(7)19-11-18(21-15(5)6)10-17(19)12-20-14(3)4;1-11(2)16(19)8-17(20)18-9-15(22-13(5)6)7-14(18)10-21-12(3)4/h19-30H,11-18H2,1-10H3,(H,33,34)(H,35,36);16-20,23H,7-15H2,1-6H3;15-21,24H,8-14H2,1-7H3;13-15,17-18H,7-12H2,1-6H3;11-15H,7-10H2,1-6H3/t;;;17-,18+;14-,15+/m...00/s1. The Kier molecular flexibility index (Phi) is 63.3. The fourth-order valence-corrected chi connectivity index (χ4v) is 22.3. The zero-order valence-corrected chi connectivity index (χ0v) is 97.8. The van der Waals surface area contributed by atoms with Crippen molar-refractivity contribution >= 4 is 52.9 Å². The summed E-state index contributed by atoms with van der Waals surface area (Å²) < 4.78 is 99.7. The Hall–Kier alpha value is -2.34. The van der Waals surface area contributed by atoms with Gasteiger partial charge in [-0.25, -0.2) is 9.13 Å². The van der Waals surface area contributed by atoms with E-state index in [1.807, 2.05) is 60.3 Å². The van der Waals surface area contributed by atoms with Crippen LogP contribution in [0.2, 0.25) is 0 Å². The monoisotopic (exact) mass is 2070 g/mol. The fourth-order valence-electron chi connectivity index (χ4n) is 19.7. The molecular formula is C106H211N10O22P3. The molecule has 0 saturated carbocycles. The summed E-state index contributed by atoms with van der Waals surface area (Å²) in [6, 6.07) is 4.16. The van der Waals surface area contributed by atoms with E-state index in [0.29, 0.717) is 119 Å². The van der Waals surface area contributed by atoms with E-state index in [1.54, 1.807) is 18.7 Å². The molecule has 141 heavy (non-hydrogen) atoms. The van der Waals surface area contributed by atoms with Crippen LogP contribution >= 0.6 is 23.2 Å². The fraction of sp³-hybridized carbons (Fsp3) is 0.934. The van der Waals surface area contributed by atoms with Gasteiger partial charge in [0.05, 0.1) is 145 Å². The third-order valence-corrected chi connectivity index (χ3v) is 29.2. The van der Waals surface area contributed by atoms with Crippen LogP contribution < -0.4 is 16.0 Å². The second kappa shape index (κ2) is 67.2. The Morgan fingerprint density at radius 2 is 0.787 bits per heavy atom. The van der Waals surface area contributed by atoms with Crippen molar-refractivity contribution in [2.75, 3.05) is 105 Å². The van der Waals surface area contributed by atoms with Gasteiger partial charge < -0.3 is 87.5 Å². The first kappa shape index (κ1) is 133. The molecule has 0 radical (unpaired) electrons. The van der Waals surface area contributed by atoms with Crippen LogP contribution in [0.15, 0.2) is 12.3 Å². The minimum atomic E-state index is -4.43. The quantitative estimate of drug-likeness (QED) is 0.0243. The number of phosphoric acid groups is 2. The normalized spacial score (nSPS) is 25.5. The van der Waals surface area contributed by atoms with Crippen LogP contribution in [0, 0.1) is 23.7 Å². The largest absolute Gasteiger partial charge is 0.472 e. The van der Waals surface area contributed by atoms with Gasteiger partial charge in [-0.05, 0) is 247 Å². The average Bonchev–Trinajstić information content (AvgIpc) is 1.69. The zero-order valence-electron chi connectivity index (χ0n) is 95.1. The van der Waals surface area contributed by atoms with Gasteiger partial charge in [0.1, 0.15) is 17.7 Å². The van der Waals surface area contributed by atoms with Crippen LogP contribution in [0.3, 0.4) is 0 Å². The van der Waals surface area contributed by atoms with Gasteiger partial charge in [-0.15, -0.1) is 0 Å². The molecule has 832 valence electrons. The molecular weight excluding hydrogens is 1860 g/mol. The highest BCUT2D eigenvalue weighted by atomic mass is 31.2. The maximum Gasteiger partial charge on any atom is 0.472 e. The van der Waals surface area contributed by atoms with E-state index in [0.717, 1.165) is 116 Å². The molecule has 32 nitrogen and oxygen atoms in total. The molecule has 0 spiro atoms.